The van der Waals surface area contributed by atoms with Crippen molar-refractivity contribution in [2.75, 3.05) is 10.6 Å². The maximum Gasteiger partial charge on any atom is 0.324 e. The quantitative estimate of drug-likeness (QED) is 0.660. The molecular weight excluding hydrogens is 394 g/mol. The topological polar surface area (TPSA) is 98.1 Å². The second-order valence-electron chi connectivity index (χ2n) is 8.62. The van der Waals surface area contributed by atoms with Crippen LogP contribution in [-0.4, -0.2) is 26.6 Å². The van der Waals surface area contributed by atoms with Gasteiger partial charge in [-0.3, -0.25) is 19.8 Å². The molecule has 0 bridgehead atoms. The minimum absolute atomic E-state index is 0.105. The van der Waals surface area contributed by atoms with Crippen molar-refractivity contribution in [2.24, 2.45) is 7.05 Å². The van der Waals surface area contributed by atoms with Crippen LogP contribution < -0.4 is 15.4 Å². The molecule has 0 spiro atoms. The van der Waals surface area contributed by atoms with Crippen LogP contribution >= 0.6 is 0 Å². The molecule has 8 nitrogen and oxygen atoms in total. The Labute approximate surface area is 180 Å². The van der Waals surface area contributed by atoms with Crippen LogP contribution in [-0.2, 0) is 30.1 Å². The number of nitrogens with zero attached hydrogens (tertiary/aromatic N) is 3. The number of ketones is 1. The van der Waals surface area contributed by atoms with E-state index < -0.39 is 0 Å². The molecular formula is C23H25N5O3. The van der Waals surface area contributed by atoms with Crippen LogP contribution in [0.1, 0.15) is 37.7 Å². The standard InChI is InChI=1S/C23H25N5O3/c1-23(2,3)20-13-21(28(4)27-20)26-22(30)25-14-5-7-16(8-6-14)31-19-9-10-24-18-12-15(29)11-17(18)19/h5-10,13H,11-12H2,1-4H3,(H2,25,26,30). The Bertz CT molecular complexity index is 1140. The lowest BCUT2D eigenvalue weighted by atomic mass is 9.92. The molecule has 3 aromatic rings. The second-order valence-corrected chi connectivity index (χ2v) is 8.62. The van der Waals surface area contributed by atoms with E-state index in [1.165, 1.54) is 0 Å². The van der Waals surface area contributed by atoms with Crippen LogP contribution in [0.3, 0.4) is 0 Å². The van der Waals surface area contributed by atoms with Crippen molar-refractivity contribution >= 4 is 23.3 Å². The highest BCUT2D eigenvalue weighted by atomic mass is 16.5. The second kappa shape index (κ2) is 7.86. The number of Topliss-reactive ketones (excluding diaryl/α,β-unsaturated/α-hetero) is 1. The number of anilines is 2. The van der Waals surface area contributed by atoms with E-state index in [0.29, 0.717) is 35.8 Å². The van der Waals surface area contributed by atoms with Gasteiger partial charge in [0.2, 0.25) is 0 Å². The largest absolute Gasteiger partial charge is 0.457 e. The van der Waals surface area contributed by atoms with Gasteiger partial charge in [0.25, 0.3) is 0 Å². The van der Waals surface area contributed by atoms with Crippen molar-refractivity contribution in [1.82, 2.24) is 14.8 Å². The molecule has 0 aliphatic heterocycles. The number of hydrogen-bond donors (Lipinski definition) is 2. The Morgan fingerprint density at radius 2 is 1.84 bits per heavy atom. The van der Waals surface area contributed by atoms with E-state index in [1.54, 1.807) is 48.3 Å². The fraction of sp³-hybridized carbons (Fsp3) is 0.304. The molecule has 4 rings (SSSR count). The maximum atomic E-state index is 12.4. The fourth-order valence-electron chi connectivity index (χ4n) is 3.36. The van der Waals surface area contributed by atoms with Crippen LogP contribution in [0.2, 0.25) is 0 Å². The predicted molar refractivity (Wildman–Crippen MR) is 118 cm³/mol. The van der Waals surface area contributed by atoms with Crippen LogP contribution in [0.15, 0.2) is 42.6 Å². The smallest absolute Gasteiger partial charge is 0.324 e. The van der Waals surface area contributed by atoms with E-state index in [-0.39, 0.29) is 17.2 Å². The van der Waals surface area contributed by atoms with Gasteiger partial charge in [-0.05, 0) is 30.3 Å². The Morgan fingerprint density at radius 1 is 1.10 bits per heavy atom. The molecule has 0 saturated carbocycles. The zero-order valence-electron chi connectivity index (χ0n) is 18.0. The number of benzene rings is 1. The Hall–Kier alpha value is -3.68. The summed E-state index contributed by atoms with van der Waals surface area (Å²) in [7, 11) is 1.79. The van der Waals surface area contributed by atoms with Gasteiger partial charge >= 0.3 is 6.03 Å². The van der Waals surface area contributed by atoms with E-state index in [4.69, 9.17) is 4.74 Å². The summed E-state index contributed by atoms with van der Waals surface area (Å²) in [6, 6.07) is 10.3. The first-order valence-electron chi connectivity index (χ1n) is 10.1. The molecule has 2 heterocycles. The first kappa shape index (κ1) is 20.6. The summed E-state index contributed by atoms with van der Waals surface area (Å²) in [6.07, 6.45) is 2.36. The van der Waals surface area contributed by atoms with Gasteiger partial charge in [-0.2, -0.15) is 5.10 Å². The number of carbonyl (C=O) groups excluding carboxylic acids is 2. The summed E-state index contributed by atoms with van der Waals surface area (Å²) < 4.78 is 7.59. The predicted octanol–water partition coefficient (Wildman–Crippen LogP) is 4.22. The number of ether oxygens (including phenoxy) is 1. The van der Waals surface area contributed by atoms with E-state index >= 15 is 0 Å². The van der Waals surface area contributed by atoms with Crippen molar-refractivity contribution in [3.8, 4) is 11.5 Å². The molecule has 1 aliphatic rings. The van der Waals surface area contributed by atoms with Crippen molar-refractivity contribution in [3.05, 3.63) is 59.5 Å². The lowest BCUT2D eigenvalue weighted by molar-refractivity contribution is -0.117. The van der Waals surface area contributed by atoms with Gasteiger partial charge in [0.05, 0.1) is 11.4 Å². The Kier molecular flexibility index (Phi) is 5.22. The first-order valence-corrected chi connectivity index (χ1v) is 10.1. The number of aromatic nitrogens is 3. The van der Waals surface area contributed by atoms with Gasteiger partial charge in [0, 0.05) is 48.8 Å². The van der Waals surface area contributed by atoms with Gasteiger partial charge in [-0.25, -0.2) is 4.79 Å². The van der Waals surface area contributed by atoms with E-state index in [2.05, 4.69) is 41.5 Å². The lowest BCUT2D eigenvalue weighted by Crippen LogP contribution is -2.20. The molecule has 8 heteroatoms. The van der Waals surface area contributed by atoms with E-state index in [1.807, 2.05) is 6.07 Å². The van der Waals surface area contributed by atoms with E-state index in [9.17, 15) is 9.59 Å². The summed E-state index contributed by atoms with van der Waals surface area (Å²) >= 11 is 0. The molecule has 0 radical (unpaired) electrons. The number of nitrogens with one attached hydrogen (secondary N) is 2. The zero-order chi connectivity index (χ0) is 22.2. The highest BCUT2D eigenvalue weighted by Gasteiger charge is 2.23. The number of urea groups is 1. The van der Waals surface area contributed by atoms with Crippen molar-refractivity contribution in [1.29, 1.82) is 0 Å². The third kappa shape index (κ3) is 4.58. The molecule has 0 unspecified atom stereocenters. The first-order chi connectivity index (χ1) is 14.7. The Morgan fingerprint density at radius 3 is 2.52 bits per heavy atom. The minimum Gasteiger partial charge on any atom is -0.457 e. The number of rotatable bonds is 4. The number of fused-ring (bicyclic) bond motifs is 1. The summed E-state index contributed by atoms with van der Waals surface area (Å²) in [5.74, 6) is 2.01. The normalized spacial score (nSPS) is 13.1. The lowest BCUT2D eigenvalue weighted by Gasteiger charge is -2.13. The maximum absolute atomic E-state index is 12.4. The fourth-order valence-corrected chi connectivity index (χ4v) is 3.36. The number of hydrogen-bond acceptors (Lipinski definition) is 5. The molecule has 2 amide bonds. The van der Waals surface area contributed by atoms with Crippen LogP contribution in [0.4, 0.5) is 16.3 Å². The minimum atomic E-state index is -0.359. The van der Waals surface area contributed by atoms with Gasteiger partial charge < -0.3 is 10.1 Å². The van der Waals surface area contributed by atoms with Gasteiger partial charge in [-0.15, -0.1) is 0 Å². The van der Waals surface area contributed by atoms with Crippen molar-refractivity contribution in [2.45, 2.75) is 39.0 Å². The van der Waals surface area contributed by atoms with Crippen LogP contribution in [0.5, 0.6) is 11.5 Å². The number of carbonyl (C=O) groups is 2. The third-order valence-electron chi connectivity index (χ3n) is 5.07. The average Bonchev–Trinajstić information content (AvgIpc) is 3.26. The monoisotopic (exact) mass is 419 g/mol. The molecule has 2 N–H and O–H groups in total. The highest BCUT2D eigenvalue weighted by molar-refractivity contribution is 5.99. The summed E-state index contributed by atoms with van der Waals surface area (Å²) in [6.45, 7) is 6.21. The summed E-state index contributed by atoms with van der Waals surface area (Å²) in [4.78, 5) is 28.4. The number of pyridine rings is 1. The molecule has 31 heavy (non-hydrogen) atoms. The van der Waals surface area contributed by atoms with Crippen molar-refractivity contribution in [3.63, 3.8) is 0 Å². The molecule has 1 aliphatic carbocycles. The van der Waals surface area contributed by atoms with Crippen LogP contribution in [0.25, 0.3) is 0 Å². The molecule has 0 atom stereocenters. The number of aryl methyl sites for hydroxylation is 1. The zero-order valence-corrected chi connectivity index (χ0v) is 18.0. The number of amides is 2. The van der Waals surface area contributed by atoms with Gasteiger partial charge in [-0.1, -0.05) is 20.8 Å². The van der Waals surface area contributed by atoms with Crippen molar-refractivity contribution < 1.29 is 14.3 Å². The van der Waals surface area contributed by atoms with Gasteiger partial charge in [0.15, 0.2) is 0 Å². The third-order valence-corrected chi connectivity index (χ3v) is 5.07. The van der Waals surface area contributed by atoms with Crippen LogP contribution in [0, 0.1) is 0 Å². The molecule has 2 aromatic heterocycles. The van der Waals surface area contributed by atoms with Gasteiger partial charge in [0.1, 0.15) is 23.1 Å². The molecule has 0 fully saturated rings. The highest BCUT2D eigenvalue weighted by Crippen LogP contribution is 2.31. The summed E-state index contributed by atoms with van der Waals surface area (Å²) in [5, 5.41) is 10.1. The molecule has 1 aromatic carbocycles. The molecule has 0 saturated heterocycles. The molecule has 160 valence electrons. The Balaban J connectivity index is 1.39. The SMILES string of the molecule is Cn1nc(C(C)(C)C)cc1NC(=O)Nc1ccc(Oc2ccnc3c2CC(=O)C3)cc1. The average molecular weight is 419 g/mol. The van der Waals surface area contributed by atoms with E-state index in [0.717, 1.165) is 17.0 Å². The summed E-state index contributed by atoms with van der Waals surface area (Å²) in [5.41, 5.74) is 3.04.